The summed E-state index contributed by atoms with van der Waals surface area (Å²) in [6, 6.07) is 10.5. The lowest BCUT2D eigenvalue weighted by atomic mass is 10.0. The molecule has 2 aromatic rings. The molecule has 0 fully saturated rings. The standard InChI is InChI=1S/C22H25ClF2N2O4/c1-13(2)19(27-20(28)15-6-4-5-7-16(15)23)21(29)26-11-10-14-8-9-17(30-3)18(12-14)31-22(24)25/h4-9,12-13,19,22H,10-11H2,1-3H3,(H,26,29)(H,27,28). The van der Waals surface area contributed by atoms with Crippen molar-refractivity contribution in [3.05, 3.63) is 58.6 Å². The quantitative estimate of drug-likeness (QED) is 0.567. The van der Waals surface area contributed by atoms with Crippen LogP contribution in [0.3, 0.4) is 0 Å². The molecular weight excluding hydrogens is 430 g/mol. The molecule has 0 aliphatic rings. The summed E-state index contributed by atoms with van der Waals surface area (Å²) in [6.07, 6.45) is 0.374. The fourth-order valence-electron chi connectivity index (χ4n) is 2.90. The van der Waals surface area contributed by atoms with Gasteiger partial charge in [-0.25, -0.2) is 0 Å². The lowest BCUT2D eigenvalue weighted by Gasteiger charge is -2.22. The fraction of sp³-hybridized carbons (Fsp3) is 0.364. The van der Waals surface area contributed by atoms with E-state index in [1.807, 2.05) is 13.8 Å². The molecule has 2 aromatic carbocycles. The summed E-state index contributed by atoms with van der Waals surface area (Å²) < 4.78 is 34.6. The van der Waals surface area contributed by atoms with Crippen molar-refractivity contribution < 1.29 is 27.8 Å². The van der Waals surface area contributed by atoms with Crippen LogP contribution in [-0.2, 0) is 11.2 Å². The molecule has 168 valence electrons. The molecule has 0 spiro atoms. The van der Waals surface area contributed by atoms with E-state index in [2.05, 4.69) is 15.4 Å². The molecule has 2 rings (SSSR count). The predicted octanol–water partition coefficient (Wildman–Crippen LogP) is 4.06. The van der Waals surface area contributed by atoms with E-state index in [0.717, 1.165) is 0 Å². The topological polar surface area (TPSA) is 76.7 Å². The van der Waals surface area contributed by atoms with Crippen LogP contribution in [0.5, 0.6) is 11.5 Å². The maximum atomic E-state index is 12.6. The summed E-state index contributed by atoms with van der Waals surface area (Å²) in [7, 11) is 1.36. The van der Waals surface area contributed by atoms with Gasteiger partial charge in [-0.15, -0.1) is 0 Å². The molecule has 1 atom stereocenters. The van der Waals surface area contributed by atoms with Gasteiger partial charge in [-0.1, -0.05) is 43.6 Å². The van der Waals surface area contributed by atoms with Gasteiger partial charge in [0, 0.05) is 6.54 Å². The number of amides is 2. The van der Waals surface area contributed by atoms with Crippen LogP contribution in [-0.4, -0.2) is 38.1 Å². The number of carbonyl (C=O) groups excluding carboxylic acids is 2. The Kier molecular flexibility index (Phi) is 9.05. The minimum atomic E-state index is -2.97. The van der Waals surface area contributed by atoms with Crippen LogP contribution in [0, 0.1) is 5.92 Å². The molecule has 0 heterocycles. The third kappa shape index (κ3) is 7.10. The van der Waals surface area contributed by atoms with Crippen LogP contribution < -0.4 is 20.1 Å². The highest BCUT2D eigenvalue weighted by molar-refractivity contribution is 6.33. The van der Waals surface area contributed by atoms with Gasteiger partial charge in [-0.3, -0.25) is 9.59 Å². The number of carbonyl (C=O) groups is 2. The van der Waals surface area contributed by atoms with Gasteiger partial charge in [0.05, 0.1) is 17.7 Å². The third-order valence-corrected chi connectivity index (χ3v) is 4.84. The normalized spacial score (nSPS) is 11.9. The number of hydrogen-bond donors (Lipinski definition) is 2. The van der Waals surface area contributed by atoms with Gasteiger partial charge in [0.1, 0.15) is 6.04 Å². The van der Waals surface area contributed by atoms with Crippen molar-refractivity contribution in [2.75, 3.05) is 13.7 Å². The van der Waals surface area contributed by atoms with Crippen molar-refractivity contribution in [1.29, 1.82) is 0 Å². The Hall–Kier alpha value is -2.87. The first-order valence-corrected chi connectivity index (χ1v) is 10.1. The van der Waals surface area contributed by atoms with Crippen LogP contribution in [0.25, 0.3) is 0 Å². The summed E-state index contributed by atoms with van der Waals surface area (Å²) in [5.41, 5.74) is 0.963. The van der Waals surface area contributed by atoms with Gasteiger partial charge >= 0.3 is 6.61 Å². The fourth-order valence-corrected chi connectivity index (χ4v) is 3.13. The highest BCUT2D eigenvalue weighted by atomic mass is 35.5. The lowest BCUT2D eigenvalue weighted by molar-refractivity contribution is -0.123. The first-order chi connectivity index (χ1) is 14.7. The monoisotopic (exact) mass is 454 g/mol. The van der Waals surface area contributed by atoms with Crippen molar-refractivity contribution in [3.63, 3.8) is 0 Å². The zero-order valence-corrected chi connectivity index (χ0v) is 18.2. The maximum Gasteiger partial charge on any atom is 0.387 e. The van der Waals surface area contributed by atoms with E-state index in [1.165, 1.54) is 19.2 Å². The Bertz CT molecular complexity index is 909. The highest BCUT2D eigenvalue weighted by Gasteiger charge is 2.25. The molecule has 0 radical (unpaired) electrons. The molecule has 2 N–H and O–H groups in total. The van der Waals surface area contributed by atoms with Crippen LogP contribution in [0.4, 0.5) is 8.78 Å². The van der Waals surface area contributed by atoms with E-state index >= 15 is 0 Å². The third-order valence-electron chi connectivity index (χ3n) is 4.51. The van der Waals surface area contributed by atoms with Gasteiger partial charge in [0.25, 0.3) is 5.91 Å². The van der Waals surface area contributed by atoms with Gasteiger partial charge in [-0.2, -0.15) is 8.78 Å². The average Bonchev–Trinajstić information content (AvgIpc) is 2.71. The molecule has 9 heteroatoms. The second-order valence-electron chi connectivity index (χ2n) is 7.08. The van der Waals surface area contributed by atoms with E-state index in [0.29, 0.717) is 17.0 Å². The molecule has 2 amide bonds. The Morgan fingerprint density at radius 2 is 1.81 bits per heavy atom. The van der Waals surface area contributed by atoms with E-state index in [1.54, 1.807) is 30.3 Å². The van der Waals surface area contributed by atoms with Crippen molar-refractivity contribution >= 4 is 23.4 Å². The molecule has 0 saturated heterocycles. The smallest absolute Gasteiger partial charge is 0.387 e. The minimum Gasteiger partial charge on any atom is -0.493 e. The molecule has 31 heavy (non-hydrogen) atoms. The van der Waals surface area contributed by atoms with Gasteiger partial charge in [-0.05, 0) is 42.2 Å². The second kappa shape index (κ2) is 11.5. The molecule has 0 bridgehead atoms. The summed E-state index contributed by atoms with van der Waals surface area (Å²) in [5, 5.41) is 5.77. The van der Waals surface area contributed by atoms with Gasteiger partial charge < -0.3 is 20.1 Å². The second-order valence-corrected chi connectivity index (χ2v) is 7.49. The zero-order chi connectivity index (χ0) is 23.0. The molecular formula is C22H25ClF2N2O4. The molecule has 0 aliphatic heterocycles. The number of halogens is 3. The first-order valence-electron chi connectivity index (χ1n) is 9.67. The number of ether oxygens (including phenoxy) is 2. The van der Waals surface area contributed by atoms with E-state index in [9.17, 15) is 18.4 Å². The summed E-state index contributed by atoms with van der Waals surface area (Å²) in [6.45, 7) is 0.894. The molecule has 0 aromatic heterocycles. The molecule has 1 unspecified atom stereocenters. The molecule has 6 nitrogen and oxygen atoms in total. The van der Waals surface area contributed by atoms with Crippen molar-refractivity contribution in [3.8, 4) is 11.5 Å². The number of rotatable bonds is 10. The number of alkyl halides is 2. The van der Waals surface area contributed by atoms with E-state index in [-0.39, 0.29) is 35.4 Å². The van der Waals surface area contributed by atoms with E-state index < -0.39 is 18.6 Å². The number of nitrogens with one attached hydrogen (secondary N) is 2. The predicted molar refractivity (Wildman–Crippen MR) is 114 cm³/mol. The average molecular weight is 455 g/mol. The summed E-state index contributed by atoms with van der Waals surface area (Å²) >= 11 is 6.05. The summed E-state index contributed by atoms with van der Waals surface area (Å²) in [4.78, 5) is 25.1. The molecule has 0 aliphatic carbocycles. The number of methoxy groups -OCH3 is 1. The first kappa shape index (κ1) is 24.4. The largest absolute Gasteiger partial charge is 0.493 e. The maximum absolute atomic E-state index is 12.6. The van der Waals surface area contributed by atoms with E-state index in [4.69, 9.17) is 16.3 Å². The summed E-state index contributed by atoms with van der Waals surface area (Å²) in [5.74, 6) is -0.849. The molecule has 0 saturated carbocycles. The van der Waals surface area contributed by atoms with Crippen LogP contribution in [0.15, 0.2) is 42.5 Å². The number of hydrogen-bond acceptors (Lipinski definition) is 4. The minimum absolute atomic E-state index is 0.0756. The van der Waals surface area contributed by atoms with Crippen molar-refractivity contribution in [2.45, 2.75) is 32.9 Å². The SMILES string of the molecule is COc1ccc(CCNC(=O)C(NC(=O)c2ccccc2Cl)C(C)C)cc1OC(F)F. The zero-order valence-electron chi connectivity index (χ0n) is 17.5. The Labute approximate surface area is 184 Å². The Balaban J connectivity index is 1.98. The van der Waals surface area contributed by atoms with Gasteiger partial charge in [0.15, 0.2) is 11.5 Å². The number of benzene rings is 2. The van der Waals surface area contributed by atoms with Crippen molar-refractivity contribution in [1.82, 2.24) is 10.6 Å². The van der Waals surface area contributed by atoms with Crippen molar-refractivity contribution in [2.24, 2.45) is 5.92 Å². The Morgan fingerprint density at radius 1 is 1.10 bits per heavy atom. The van der Waals surface area contributed by atoms with Gasteiger partial charge in [0.2, 0.25) is 5.91 Å². The van der Waals surface area contributed by atoms with Crippen LogP contribution >= 0.6 is 11.6 Å². The highest BCUT2D eigenvalue weighted by Crippen LogP contribution is 2.29. The Morgan fingerprint density at radius 3 is 2.42 bits per heavy atom. The van der Waals surface area contributed by atoms with Crippen LogP contribution in [0.2, 0.25) is 5.02 Å². The lowest BCUT2D eigenvalue weighted by Crippen LogP contribution is -2.50. The van der Waals surface area contributed by atoms with Crippen LogP contribution in [0.1, 0.15) is 29.8 Å².